The monoisotopic (exact) mass is 160 g/mol. The zero-order valence-electron chi connectivity index (χ0n) is 3.94. The minimum atomic E-state index is 0.931. The number of furan rings is 1. The third-order valence-electron chi connectivity index (χ3n) is 0.796. The predicted octanol–water partition coefficient (Wildman–Crippen LogP) is 2.35. The summed E-state index contributed by atoms with van der Waals surface area (Å²) in [4.78, 5) is 0. The summed E-state index contributed by atoms with van der Waals surface area (Å²) in [6.45, 7) is 1.91. The number of hydrogen-bond donors (Lipinski definition) is 0. The van der Waals surface area contributed by atoms with Gasteiger partial charge in [-0.25, -0.2) is 0 Å². The predicted molar refractivity (Wildman–Crippen MR) is 31.1 cm³/mol. The van der Waals surface area contributed by atoms with Gasteiger partial charge in [0.2, 0.25) is 0 Å². The van der Waals surface area contributed by atoms with E-state index in [2.05, 4.69) is 15.9 Å². The Morgan fingerprint density at radius 3 is 2.57 bits per heavy atom. The van der Waals surface area contributed by atoms with Crippen molar-refractivity contribution in [1.82, 2.24) is 0 Å². The Morgan fingerprint density at radius 2 is 2.43 bits per heavy atom. The quantitative estimate of drug-likeness (QED) is 0.569. The van der Waals surface area contributed by atoms with Crippen LogP contribution >= 0.6 is 15.9 Å². The first kappa shape index (κ1) is 4.91. The van der Waals surface area contributed by atoms with E-state index in [9.17, 15) is 0 Å². The van der Waals surface area contributed by atoms with Crippen molar-refractivity contribution in [2.75, 3.05) is 0 Å². The van der Waals surface area contributed by atoms with Gasteiger partial charge in [0.05, 0.1) is 10.7 Å². The van der Waals surface area contributed by atoms with Crippen LogP contribution in [0.1, 0.15) is 5.76 Å². The standard InChI is InChI=1S/C5H5BrO/c1-4-5(6)2-3-7-4/h2-3H,1H3. The molecule has 0 spiro atoms. The van der Waals surface area contributed by atoms with Crippen molar-refractivity contribution in [1.29, 1.82) is 0 Å². The molecule has 1 aromatic heterocycles. The van der Waals surface area contributed by atoms with Crippen LogP contribution in [-0.4, -0.2) is 0 Å². The van der Waals surface area contributed by atoms with E-state index in [1.54, 1.807) is 6.26 Å². The van der Waals surface area contributed by atoms with Gasteiger partial charge in [-0.05, 0) is 28.9 Å². The van der Waals surface area contributed by atoms with Gasteiger partial charge in [-0.3, -0.25) is 0 Å². The summed E-state index contributed by atoms with van der Waals surface area (Å²) >= 11 is 3.27. The fraction of sp³-hybridized carbons (Fsp3) is 0.200. The van der Waals surface area contributed by atoms with Crippen LogP contribution in [0.2, 0.25) is 0 Å². The highest BCUT2D eigenvalue weighted by atomic mass is 79.9. The number of aryl methyl sites for hydroxylation is 1. The van der Waals surface area contributed by atoms with Crippen LogP contribution in [0, 0.1) is 6.92 Å². The Morgan fingerprint density at radius 1 is 1.71 bits per heavy atom. The summed E-state index contributed by atoms with van der Waals surface area (Å²) in [5.41, 5.74) is 0. The normalized spacial score (nSPS) is 9.43. The summed E-state index contributed by atoms with van der Waals surface area (Å²) in [6.07, 6.45) is 1.65. The van der Waals surface area contributed by atoms with Crippen LogP contribution in [0.4, 0.5) is 0 Å². The summed E-state index contributed by atoms with van der Waals surface area (Å²) in [6, 6.07) is 1.87. The van der Waals surface area contributed by atoms with E-state index in [4.69, 9.17) is 4.42 Å². The average Bonchev–Trinajstić information content (AvgIpc) is 1.91. The Hall–Kier alpha value is -0.240. The molecule has 2 heteroatoms. The maximum Gasteiger partial charge on any atom is 0.114 e. The Balaban J connectivity index is 3.12. The lowest BCUT2D eigenvalue weighted by Crippen LogP contribution is -1.56. The summed E-state index contributed by atoms with van der Waals surface area (Å²) < 4.78 is 5.95. The van der Waals surface area contributed by atoms with Crippen LogP contribution in [0.5, 0.6) is 0 Å². The molecule has 0 aliphatic carbocycles. The molecule has 0 atom stereocenters. The molecule has 38 valence electrons. The fourth-order valence-corrected chi connectivity index (χ4v) is 0.571. The highest BCUT2D eigenvalue weighted by molar-refractivity contribution is 9.10. The Kier molecular flexibility index (Phi) is 1.19. The molecule has 0 fully saturated rings. The third-order valence-corrected chi connectivity index (χ3v) is 1.62. The van der Waals surface area contributed by atoms with E-state index < -0.39 is 0 Å². The molecule has 1 nitrogen and oxygen atoms in total. The minimum Gasteiger partial charge on any atom is -0.468 e. The largest absolute Gasteiger partial charge is 0.468 e. The molecule has 1 aromatic rings. The van der Waals surface area contributed by atoms with E-state index >= 15 is 0 Å². The topological polar surface area (TPSA) is 13.1 Å². The summed E-state index contributed by atoms with van der Waals surface area (Å²) in [5, 5.41) is 0. The van der Waals surface area contributed by atoms with Gasteiger partial charge in [0.15, 0.2) is 0 Å². The SMILES string of the molecule is Cc1occc1Br. The maximum absolute atomic E-state index is 4.92. The van der Waals surface area contributed by atoms with Gasteiger partial charge in [-0.15, -0.1) is 0 Å². The fourth-order valence-electron chi connectivity index (χ4n) is 0.369. The van der Waals surface area contributed by atoms with E-state index in [0.717, 1.165) is 10.2 Å². The second kappa shape index (κ2) is 1.70. The van der Waals surface area contributed by atoms with Gasteiger partial charge < -0.3 is 4.42 Å². The van der Waals surface area contributed by atoms with Crippen LogP contribution < -0.4 is 0 Å². The molecule has 1 heterocycles. The second-order valence-electron chi connectivity index (χ2n) is 1.32. The van der Waals surface area contributed by atoms with Crippen molar-refractivity contribution in [3.05, 3.63) is 22.6 Å². The van der Waals surface area contributed by atoms with Crippen molar-refractivity contribution in [2.45, 2.75) is 6.92 Å². The van der Waals surface area contributed by atoms with Gasteiger partial charge in [-0.2, -0.15) is 0 Å². The number of hydrogen-bond acceptors (Lipinski definition) is 1. The first-order valence-corrected chi connectivity index (χ1v) is 2.79. The molecular formula is C5H5BrO. The minimum absolute atomic E-state index is 0.931. The van der Waals surface area contributed by atoms with Crippen molar-refractivity contribution < 1.29 is 4.42 Å². The molecular weight excluding hydrogens is 156 g/mol. The Bertz CT molecular complexity index is 140. The molecule has 7 heavy (non-hydrogen) atoms. The molecule has 0 aliphatic rings. The van der Waals surface area contributed by atoms with Gasteiger partial charge in [0, 0.05) is 0 Å². The van der Waals surface area contributed by atoms with E-state index in [0.29, 0.717) is 0 Å². The lowest BCUT2D eigenvalue weighted by atomic mass is 10.5. The molecule has 0 aromatic carbocycles. The molecule has 0 bridgehead atoms. The molecule has 0 radical (unpaired) electrons. The second-order valence-corrected chi connectivity index (χ2v) is 2.18. The lowest BCUT2D eigenvalue weighted by Gasteiger charge is -1.77. The van der Waals surface area contributed by atoms with Crippen LogP contribution in [0.25, 0.3) is 0 Å². The maximum atomic E-state index is 4.92. The first-order chi connectivity index (χ1) is 3.30. The van der Waals surface area contributed by atoms with Crippen molar-refractivity contribution in [2.24, 2.45) is 0 Å². The van der Waals surface area contributed by atoms with E-state index in [-0.39, 0.29) is 0 Å². The van der Waals surface area contributed by atoms with Crippen molar-refractivity contribution in [3.63, 3.8) is 0 Å². The Labute approximate surface area is 50.5 Å². The molecule has 0 aliphatic heterocycles. The zero-order chi connectivity index (χ0) is 5.28. The van der Waals surface area contributed by atoms with Crippen molar-refractivity contribution in [3.8, 4) is 0 Å². The molecule has 0 amide bonds. The van der Waals surface area contributed by atoms with Gasteiger partial charge >= 0.3 is 0 Å². The summed E-state index contributed by atoms with van der Waals surface area (Å²) in [5.74, 6) is 0.931. The number of halogens is 1. The van der Waals surface area contributed by atoms with Crippen LogP contribution in [0.3, 0.4) is 0 Å². The number of rotatable bonds is 0. The third kappa shape index (κ3) is 0.855. The molecule has 0 N–H and O–H groups in total. The molecule has 0 saturated heterocycles. The zero-order valence-corrected chi connectivity index (χ0v) is 5.53. The van der Waals surface area contributed by atoms with Crippen LogP contribution in [-0.2, 0) is 0 Å². The van der Waals surface area contributed by atoms with Gasteiger partial charge in [-0.1, -0.05) is 0 Å². The average molecular weight is 161 g/mol. The first-order valence-electron chi connectivity index (χ1n) is 2.00. The van der Waals surface area contributed by atoms with Gasteiger partial charge in [0.1, 0.15) is 5.76 Å². The van der Waals surface area contributed by atoms with E-state index in [1.807, 2.05) is 13.0 Å². The van der Waals surface area contributed by atoms with Crippen molar-refractivity contribution >= 4 is 15.9 Å². The summed E-state index contributed by atoms with van der Waals surface area (Å²) in [7, 11) is 0. The highest BCUT2D eigenvalue weighted by Crippen LogP contribution is 2.14. The smallest absolute Gasteiger partial charge is 0.114 e. The molecule has 0 saturated carbocycles. The lowest BCUT2D eigenvalue weighted by molar-refractivity contribution is 0.532. The highest BCUT2D eigenvalue weighted by Gasteiger charge is 1.91. The van der Waals surface area contributed by atoms with E-state index in [1.165, 1.54) is 0 Å². The van der Waals surface area contributed by atoms with Crippen LogP contribution in [0.15, 0.2) is 21.2 Å². The molecule has 1 rings (SSSR count). The van der Waals surface area contributed by atoms with Gasteiger partial charge in [0.25, 0.3) is 0 Å². The molecule has 0 unspecified atom stereocenters.